The van der Waals surface area contributed by atoms with Crippen LogP contribution < -0.4 is 5.32 Å². The van der Waals surface area contributed by atoms with E-state index in [0.717, 1.165) is 12.1 Å². The van der Waals surface area contributed by atoms with E-state index in [4.69, 9.17) is 4.42 Å². The van der Waals surface area contributed by atoms with Crippen molar-refractivity contribution in [2.45, 2.75) is 6.42 Å². The van der Waals surface area contributed by atoms with Gasteiger partial charge in [-0.05, 0) is 24.3 Å². The molecule has 3 nitrogen and oxygen atoms in total. The van der Waals surface area contributed by atoms with Gasteiger partial charge >= 0.3 is 0 Å². The molecule has 0 aliphatic heterocycles. The summed E-state index contributed by atoms with van der Waals surface area (Å²) in [5, 5.41) is 2.44. The summed E-state index contributed by atoms with van der Waals surface area (Å²) >= 11 is 0. The largest absolute Gasteiger partial charge is 0.469 e. The van der Waals surface area contributed by atoms with Crippen LogP contribution >= 0.6 is 0 Å². The molecular weight excluding hydrogens is 228 g/mol. The Labute approximate surface area is 96.1 Å². The molecule has 1 heterocycles. The quantitative estimate of drug-likeness (QED) is 0.891. The SMILES string of the molecule is O=C(Cc1ccco1)Nc1ccc(F)c(F)c1. The molecule has 2 aromatic rings. The van der Waals surface area contributed by atoms with Crippen LogP contribution in [0, 0.1) is 11.6 Å². The molecule has 1 aromatic carbocycles. The van der Waals surface area contributed by atoms with E-state index in [1.165, 1.54) is 12.3 Å². The second-order valence-electron chi connectivity index (χ2n) is 3.43. The Hall–Kier alpha value is -2.17. The third kappa shape index (κ3) is 2.90. The number of rotatable bonds is 3. The zero-order chi connectivity index (χ0) is 12.3. The van der Waals surface area contributed by atoms with Gasteiger partial charge in [0.2, 0.25) is 5.91 Å². The van der Waals surface area contributed by atoms with Gasteiger partial charge in [-0.1, -0.05) is 0 Å². The summed E-state index contributed by atoms with van der Waals surface area (Å²) in [7, 11) is 0. The van der Waals surface area contributed by atoms with E-state index in [1.54, 1.807) is 12.1 Å². The number of anilines is 1. The molecule has 0 unspecified atom stereocenters. The number of halogens is 2. The fraction of sp³-hybridized carbons (Fsp3) is 0.0833. The number of hydrogen-bond donors (Lipinski definition) is 1. The van der Waals surface area contributed by atoms with Crippen molar-refractivity contribution in [3.63, 3.8) is 0 Å². The van der Waals surface area contributed by atoms with Gasteiger partial charge in [0.1, 0.15) is 5.76 Å². The summed E-state index contributed by atoms with van der Waals surface area (Å²) in [6.07, 6.45) is 1.51. The van der Waals surface area contributed by atoms with Crippen LogP contribution in [0.1, 0.15) is 5.76 Å². The first kappa shape index (κ1) is 11.3. The summed E-state index contributed by atoms with van der Waals surface area (Å²) in [6, 6.07) is 6.50. The molecule has 1 amide bonds. The Kier molecular flexibility index (Phi) is 3.18. The molecule has 0 radical (unpaired) electrons. The Balaban J connectivity index is 2.00. The maximum absolute atomic E-state index is 12.9. The highest BCUT2D eigenvalue weighted by Crippen LogP contribution is 2.13. The van der Waals surface area contributed by atoms with E-state index < -0.39 is 11.6 Å². The van der Waals surface area contributed by atoms with Crippen LogP contribution in [0.4, 0.5) is 14.5 Å². The molecule has 1 aromatic heterocycles. The average Bonchev–Trinajstić information content (AvgIpc) is 2.76. The van der Waals surface area contributed by atoms with Crippen molar-refractivity contribution in [3.05, 3.63) is 54.0 Å². The zero-order valence-electron chi connectivity index (χ0n) is 8.74. The van der Waals surface area contributed by atoms with Crippen molar-refractivity contribution < 1.29 is 18.0 Å². The minimum Gasteiger partial charge on any atom is -0.469 e. The maximum Gasteiger partial charge on any atom is 0.231 e. The number of furan rings is 1. The molecule has 0 saturated carbocycles. The van der Waals surface area contributed by atoms with E-state index >= 15 is 0 Å². The molecule has 0 aliphatic carbocycles. The lowest BCUT2D eigenvalue weighted by atomic mass is 10.2. The van der Waals surface area contributed by atoms with Crippen LogP contribution in [0.15, 0.2) is 41.0 Å². The molecule has 0 fully saturated rings. The summed E-state index contributed by atoms with van der Waals surface area (Å²) in [5.74, 6) is -1.80. The highest BCUT2D eigenvalue weighted by molar-refractivity contribution is 5.91. The molecule has 0 saturated heterocycles. The molecule has 2 rings (SSSR count). The smallest absolute Gasteiger partial charge is 0.231 e. The highest BCUT2D eigenvalue weighted by atomic mass is 19.2. The molecular formula is C12H9F2NO2. The lowest BCUT2D eigenvalue weighted by molar-refractivity contribution is -0.115. The van der Waals surface area contributed by atoms with Gasteiger partial charge < -0.3 is 9.73 Å². The van der Waals surface area contributed by atoms with Crippen LogP contribution in [0.3, 0.4) is 0 Å². The second-order valence-corrected chi connectivity index (χ2v) is 3.43. The Morgan fingerprint density at radius 3 is 2.71 bits per heavy atom. The van der Waals surface area contributed by atoms with Crippen molar-refractivity contribution in [2.75, 3.05) is 5.32 Å². The third-order valence-electron chi connectivity index (χ3n) is 2.12. The van der Waals surface area contributed by atoms with Gasteiger partial charge in [0.25, 0.3) is 0 Å². The van der Waals surface area contributed by atoms with E-state index in [0.29, 0.717) is 5.76 Å². The number of carbonyl (C=O) groups is 1. The van der Waals surface area contributed by atoms with Crippen LogP contribution in [-0.4, -0.2) is 5.91 Å². The fourth-order valence-corrected chi connectivity index (χ4v) is 1.35. The summed E-state index contributed by atoms with van der Waals surface area (Å²) in [6.45, 7) is 0. The lowest BCUT2D eigenvalue weighted by Crippen LogP contribution is -2.14. The number of carbonyl (C=O) groups excluding carboxylic acids is 1. The van der Waals surface area contributed by atoms with Gasteiger partial charge in [0.05, 0.1) is 12.7 Å². The van der Waals surface area contributed by atoms with Crippen LogP contribution in [0.25, 0.3) is 0 Å². The third-order valence-corrected chi connectivity index (χ3v) is 2.12. The first-order valence-corrected chi connectivity index (χ1v) is 4.92. The average molecular weight is 237 g/mol. The number of amides is 1. The summed E-state index contributed by atoms with van der Waals surface area (Å²) < 4.78 is 30.5. The van der Waals surface area contributed by atoms with Crippen molar-refractivity contribution in [3.8, 4) is 0 Å². The number of nitrogens with one attached hydrogen (secondary N) is 1. The van der Waals surface area contributed by atoms with E-state index in [9.17, 15) is 13.6 Å². The molecule has 5 heteroatoms. The van der Waals surface area contributed by atoms with Gasteiger partial charge in [0, 0.05) is 11.8 Å². The first-order valence-electron chi connectivity index (χ1n) is 4.92. The first-order chi connectivity index (χ1) is 8.15. The maximum atomic E-state index is 12.9. The summed E-state index contributed by atoms with van der Waals surface area (Å²) in [5.41, 5.74) is 0.209. The van der Waals surface area contributed by atoms with Crippen LogP contribution in [0.5, 0.6) is 0 Å². The monoisotopic (exact) mass is 237 g/mol. The van der Waals surface area contributed by atoms with Crippen molar-refractivity contribution in [2.24, 2.45) is 0 Å². The van der Waals surface area contributed by atoms with Gasteiger partial charge in [0.15, 0.2) is 11.6 Å². The topological polar surface area (TPSA) is 42.2 Å². The second kappa shape index (κ2) is 4.78. The van der Waals surface area contributed by atoms with Gasteiger partial charge in [-0.25, -0.2) is 8.78 Å². The Morgan fingerprint density at radius 1 is 1.24 bits per heavy atom. The highest BCUT2D eigenvalue weighted by Gasteiger charge is 2.08. The predicted octanol–water partition coefficient (Wildman–Crippen LogP) is 2.74. The van der Waals surface area contributed by atoms with Crippen LogP contribution in [0.2, 0.25) is 0 Å². The van der Waals surface area contributed by atoms with E-state index in [2.05, 4.69) is 5.32 Å². The van der Waals surface area contributed by atoms with Gasteiger partial charge in [-0.3, -0.25) is 4.79 Å². The Morgan fingerprint density at radius 2 is 2.06 bits per heavy atom. The standard InChI is InChI=1S/C12H9F2NO2/c13-10-4-3-8(6-11(10)14)15-12(16)7-9-2-1-5-17-9/h1-6H,7H2,(H,15,16). The molecule has 0 aliphatic rings. The van der Waals surface area contributed by atoms with Gasteiger partial charge in [-0.15, -0.1) is 0 Å². The minimum absolute atomic E-state index is 0.0476. The zero-order valence-corrected chi connectivity index (χ0v) is 8.74. The number of benzene rings is 1. The molecule has 0 bridgehead atoms. The Bertz CT molecular complexity index is 523. The van der Waals surface area contributed by atoms with Crippen molar-refractivity contribution in [1.29, 1.82) is 0 Å². The molecule has 88 valence electrons. The number of hydrogen-bond acceptors (Lipinski definition) is 2. The van der Waals surface area contributed by atoms with Crippen molar-refractivity contribution in [1.82, 2.24) is 0 Å². The van der Waals surface area contributed by atoms with Gasteiger partial charge in [-0.2, -0.15) is 0 Å². The van der Waals surface area contributed by atoms with E-state index in [-0.39, 0.29) is 18.0 Å². The van der Waals surface area contributed by atoms with Crippen LogP contribution in [-0.2, 0) is 11.2 Å². The van der Waals surface area contributed by atoms with Crippen molar-refractivity contribution >= 4 is 11.6 Å². The van der Waals surface area contributed by atoms with E-state index in [1.807, 2.05) is 0 Å². The minimum atomic E-state index is -0.999. The normalized spacial score (nSPS) is 10.2. The molecule has 1 N–H and O–H groups in total. The molecule has 0 spiro atoms. The molecule has 0 atom stereocenters. The lowest BCUT2D eigenvalue weighted by Gasteiger charge is -2.04. The predicted molar refractivity (Wildman–Crippen MR) is 57.4 cm³/mol. The fourth-order valence-electron chi connectivity index (χ4n) is 1.35. The summed E-state index contributed by atoms with van der Waals surface area (Å²) in [4.78, 5) is 11.5. The molecule has 17 heavy (non-hydrogen) atoms.